The van der Waals surface area contributed by atoms with Gasteiger partial charge >= 0.3 is 12.1 Å². The van der Waals surface area contributed by atoms with Crippen LogP contribution in [0.2, 0.25) is 0 Å². The van der Waals surface area contributed by atoms with Crippen molar-refractivity contribution in [2.24, 2.45) is 0 Å². The Balaban J connectivity index is 1.81. The van der Waals surface area contributed by atoms with Crippen molar-refractivity contribution in [2.45, 2.75) is 44.5 Å². The van der Waals surface area contributed by atoms with Gasteiger partial charge in [0.25, 0.3) is 0 Å². The number of alkyl halides is 3. The molecule has 0 spiro atoms. The zero-order chi connectivity index (χ0) is 20.9. The third-order valence-electron chi connectivity index (χ3n) is 4.54. The minimum absolute atomic E-state index is 0.0315. The number of amides is 1. The summed E-state index contributed by atoms with van der Waals surface area (Å²) in [5.74, 6) is -1.09. The summed E-state index contributed by atoms with van der Waals surface area (Å²) in [5, 5.41) is 2.59. The van der Waals surface area contributed by atoms with E-state index >= 15 is 0 Å². The number of ether oxygens (including phenoxy) is 1. The topological polar surface area (TPSA) is 71.5 Å². The molecule has 1 atom stereocenters. The lowest BCUT2D eigenvalue weighted by molar-refractivity contribution is -0.147. The number of piperidine rings is 1. The quantitative estimate of drug-likeness (QED) is 0.588. The number of nitrogens with one attached hydrogen (secondary N) is 1. The molecule has 0 aliphatic carbocycles. The van der Waals surface area contributed by atoms with E-state index in [1.165, 1.54) is 6.07 Å². The molecule has 28 heavy (non-hydrogen) atoms. The number of halogens is 3. The van der Waals surface area contributed by atoms with E-state index in [9.17, 15) is 22.8 Å². The van der Waals surface area contributed by atoms with Crippen LogP contribution in [0.15, 0.2) is 30.5 Å². The van der Waals surface area contributed by atoms with Crippen molar-refractivity contribution in [1.82, 2.24) is 15.2 Å². The van der Waals surface area contributed by atoms with Crippen LogP contribution in [0.25, 0.3) is 0 Å². The van der Waals surface area contributed by atoms with Crippen LogP contribution in [0, 0.1) is 0 Å². The molecular formula is C19H24F3N3O3. The molecular weight excluding hydrogens is 375 g/mol. The molecule has 0 aromatic carbocycles. The van der Waals surface area contributed by atoms with Gasteiger partial charge in [0.05, 0.1) is 23.7 Å². The molecule has 0 bridgehead atoms. The molecule has 1 saturated heterocycles. The second kappa shape index (κ2) is 9.18. The summed E-state index contributed by atoms with van der Waals surface area (Å²) in [6.07, 6.45) is -2.72. The predicted molar refractivity (Wildman–Crippen MR) is 96.2 cm³/mol. The molecule has 0 saturated carbocycles. The van der Waals surface area contributed by atoms with Crippen molar-refractivity contribution in [3.63, 3.8) is 0 Å². The standard InChI is InChI=1S/C19H24F3N3O3/c1-12(18(27)28-15-6-8-25(3)9-7-15)10-17(26)24-13(2)16-5-4-14(11-23-16)19(20,21)22/h4-5,11,13,15H,1,6-10H2,2-3H3,(H,24,26). The van der Waals surface area contributed by atoms with Crippen LogP contribution < -0.4 is 5.32 Å². The Morgan fingerprint density at radius 3 is 2.54 bits per heavy atom. The monoisotopic (exact) mass is 399 g/mol. The van der Waals surface area contributed by atoms with Crippen molar-refractivity contribution in [3.05, 3.63) is 41.7 Å². The Morgan fingerprint density at radius 1 is 1.36 bits per heavy atom. The van der Waals surface area contributed by atoms with Gasteiger partial charge in [-0.25, -0.2) is 4.79 Å². The molecule has 2 rings (SSSR count). The number of carbonyl (C=O) groups is 2. The second-order valence-electron chi connectivity index (χ2n) is 6.95. The van der Waals surface area contributed by atoms with Crippen LogP contribution >= 0.6 is 0 Å². The number of esters is 1. The Bertz CT molecular complexity index is 711. The maximum absolute atomic E-state index is 12.6. The molecule has 1 aliphatic rings. The third kappa shape index (κ3) is 6.33. The van der Waals surface area contributed by atoms with Gasteiger partial charge in [0.1, 0.15) is 6.10 Å². The number of hydrogen-bond donors (Lipinski definition) is 1. The first-order valence-electron chi connectivity index (χ1n) is 8.96. The summed E-state index contributed by atoms with van der Waals surface area (Å²) in [6, 6.07) is 1.49. The highest BCUT2D eigenvalue weighted by molar-refractivity contribution is 5.94. The van der Waals surface area contributed by atoms with Crippen molar-refractivity contribution in [3.8, 4) is 0 Å². The fraction of sp³-hybridized carbons (Fsp3) is 0.526. The molecule has 1 amide bonds. The van der Waals surface area contributed by atoms with E-state index in [0.29, 0.717) is 0 Å². The maximum Gasteiger partial charge on any atom is 0.417 e. The lowest BCUT2D eigenvalue weighted by Crippen LogP contribution is -2.35. The van der Waals surface area contributed by atoms with Gasteiger partial charge in [0.15, 0.2) is 0 Å². The van der Waals surface area contributed by atoms with Crippen molar-refractivity contribution in [2.75, 3.05) is 20.1 Å². The summed E-state index contributed by atoms with van der Waals surface area (Å²) >= 11 is 0. The Morgan fingerprint density at radius 2 is 2.00 bits per heavy atom. The van der Waals surface area contributed by atoms with E-state index in [0.717, 1.165) is 38.2 Å². The first kappa shape index (κ1) is 21.9. The Labute approximate surface area is 161 Å². The zero-order valence-corrected chi connectivity index (χ0v) is 15.9. The van der Waals surface area contributed by atoms with Gasteiger partial charge in [-0.2, -0.15) is 13.2 Å². The Kier molecular flexibility index (Phi) is 7.17. The summed E-state index contributed by atoms with van der Waals surface area (Å²) in [7, 11) is 1.99. The lowest BCUT2D eigenvalue weighted by atomic mass is 10.1. The number of nitrogens with zero attached hydrogens (tertiary/aromatic N) is 2. The van der Waals surface area contributed by atoms with Gasteiger partial charge in [-0.1, -0.05) is 6.58 Å². The van der Waals surface area contributed by atoms with Crippen molar-refractivity contribution in [1.29, 1.82) is 0 Å². The first-order valence-corrected chi connectivity index (χ1v) is 8.96. The summed E-state index contributed by atoms with van der Waals surface area (Å²) in [6.45, 7) is 6.87. The summed E-state index contributed by atoms with van der Waals surface area (Å²) < 4.78 is 43.1. The van der Waals surface area contributed by atoms with Crippen LogP contribution in [0.4, 0.5) is 13.2 Å². The molecule has 1 aromatic rings. The highest BCUT2D eigenvalue weighted by Crippen LogP contribution is 2.28. The van der Waals surface area contributed by atoms with Crippen LogP contribution in [0.3, 0.4) is 0 Å². The van der Waals surface area contributed by atoms with E-state index in [1.807, 2.05) is 7.05 Å². The van der Waals surface area contributed by atoms with Crippen LogP contribution in [0.5, 0.6) is 0 Å². The average Bonchev–Trinajstić information content (AvgIpc) is 2.62. The van der Waals surface area contributed by atoms with E-state index < -0.39 is 29.7 Å². The first-order chi connectivity index (χ1) is 13.1. The number of hydrogen-bond acceptors (Lipinski definition) is 5. The summed E-state index contributed by atoms with van der Waals surface area (Å²) in [4.78, 5) is 30.1. The number of pyridine rings is 1. The molecule has 0 radical (unpaired) electrons. The smallest absolute Gasteiger partial charge is 0.417 e. The number of aromatic nitrogens is 1. The molecule has 2 heterocycles. The third-order valence-corrected chi connectivity index (χ3v) is 4.54. The lowest BCUT2D eigenvalue weighted by Gasteiger charge is -2.28. The van der Waals surface area contributed by atoms with E-state index in [1.54, 1.807) is 6.92 Å². The molecule has 1 fully saturated rings. The maximum atomic E-state index is 12.6. The minimum atomic E-state index is -4.47. The fourth-order valence-electron chi connectivity index (χ4n) is 2.80. The van der Waals surface area contributed by atoms with Crippen LogP contribution in [-0.4, -0.2) is 48.0 Å². The van der Waals surface area contributed by atoms with Gasteiger partial charge < -0.3 is 15.0 Å². The highest BCUT2D eigenvalue weighted by atomic mass is 19.4. The molecule has 1 aliphatic heterocycles. The van der Waals surface area contributed by atoms with Crippen LogP contribution in [-0.2, 0) is 20.5 Å². The van der Waals surface area contributed by atoms with Gasteiger partial charge in [0.2, 0.25) is 5.91 Å². The molecule has 6 nitrogen and oxygen atoms in total. The van der Waals surface area contributed by atoms with Crippen molar-refractivity contribution >= 4 is 11.9 Å². The van der Waals surface area contributed by atoms with E-state index in [4.69, 9.17) is 4.74 Å². The molecule has 154 valence electrons. The SMILES string of the molecule is C=C(CC(=O)NC(C)c1ccc(C(F)(F)F)cn1)C(=O)OC1CCN(C)CC1. The fourth-order valence-corrected chi connectivity index (χ4v) is 2.80. The predicted octanol–water partition coefficient (Wildman–Crippen LogP) is 2.86. The van der Waals surface area contributed by atoms with Gasteiger partial charge in [-0.3, -0.25) is 9.78 Å². The van der Waals surface area contributed by atoms with Gasteiger partial charge in [-0.05, 0) is 38.9 Å². The van der Waals surface area contributed by atoms with Crippen LogP contribution in [0.1, 0.15) is 43.5 Å². The minimum Gasteiger partial charge on any atom is -0.459 e. The van der Waals surface area contributed by atoms with Gasteiger partial charge in [0, 0.05) is 24.9 Å². The number of carbonyl (C=O) groups excluding carboxylic acids is 2. The highest BCUT2D eigenvalue weighted by Gasteiger charge is 2.31. The normalized spacial score (nSPS) is 17.0. The molecule has 1 unspecified atom stereocenters. The average molecular weight is 399 g/mol. The number of likely N-dealkylation sites (tertiary alicyclic amines) is 1. The molecule has 1 aromatic heterocycles. The zero-order valence-electron chi connectivity index (χ0n) is 15.9. The van der Waals surface area contributed by atoms with Crippen molar-refractivity contribution < 1.29 is 27.5 Å². The Hall–Kier alpha value is -2.42. The largest absolute Gasteiger partial charge is 0.459 e. The van der Waals surface area contributed by atoms with E-state index in [2.05, 4.69) is 21.8 Å². The second-order valence-corrected chi connectivity index (χ2v) is 6.95. The number of rotatable bonds is 6. The van der Waals surface area contributed by atoms with Gasteiger partial charge in [-0.15, -0.1) is 0 Å². The summed E-state index contributed by atoms with van der Waals surface area (Å²) in [5.41, 5.74) is -0.551. The molecule has 1 N–H and O–H groups in total. The molecule has 9 heteroatoms. The van der Waals surface area contributed by atoms with E-state index in [-0.39, 0.29) is 23.8 Å².